The summed E-state index contributed by atoms with van der Waals surface area (Å²) in [6, 6.07) is 13.8. The van der Waals surface area contributed by atoms with Gasteiger partial charge in [-0.15, -0.1) is 10.2 Å². The first-order valence-corrected chi connectivity index (χ1v) is 9.11. The Morgan fingerprint density at radius 2 is 1.85 bits per heavy atom. The molecule has 2 fully saturated rings. The number of rotatable bonds is 4. The van der Waals surface area contributed by atoms with Crippen molar-refractivity contribution in [3.05, 3.63) is 42.5 Å². The molecule has 4 rings (SSSR count). The van der Waals surface area contributed by atoms with E-state index in [1.165, 1.54) is 0 Å². The van der Waals surface area contributed by atoms with Gasteiger partial charge in [-0.3, -0.25) is 4.79 Å². The normalized spacial score (nSPS) is 20.2. The van der Waals surface area contributed by atoms with Crippen LogP contribution in [0.4, 0.5) is 17.3 Å². The third kappa shape index (κ3) is 3.77. The van der Waals surface area contributed by atoms with Gasteiger partial charge in [-0.2, -0.15) is 0 Å². The van der Waals surface area contributed by atoms with Crippen LogP contribution in [0.15, 0.2) is 42.5 Å². The molecule has 2 saturated heterocycles. The largest absolute Gasteiger partial charge is 0.368 e. The number of nitrogens with zero attached hydrogens (tertiary/aromatic N) is 4. The molecule has 0 aliphatic carbocycles. The van der Waals surface area contributed by atoms with E-state index in [2.05, 4.69) is 20.4 Å². The first kappa shape index (κ1) is 16.8. The van der Waals surface area contributed by atoms with E-state index in [4.69, 9.17) is 4.74 Å². The van der Waals surface area contributed by atoms with Crippen LogP contribution >= 0.6 is 0 Å². The Hall–Kier alpha value is -2.67. The van der Waals surface area contributed by atoms with Crippen LogP contribution in [0, 0.1) is 0 Å². The number of hydrogen-bond donors (Lipinski definition) is 1. The van der Waals surface area contributed by atoms with Crippen LogP contribution in [0.1, 0.15) is 12.8 Å². The van der Waals surface area contributed by atoms with Gasteiger partial charge in [0.25, 0.3) is 5.91 Å². The third-order valence-corrected chi connectivity index (χ3v) is 4.82. The number of nitrogens with one attached hydrogen (secondary N) is 1. The maximum absolute atomic E-state index is 12.4. The van der Waals surface area contributed by atoms with Crippen molar-refractivity contribution in [3.8, 4) is 0 Å². The van der Waals surface area contributed by atoms with E-state index in [0.717, 1.165) is 37.4 Å². The average Bonchev–Trinajstić information content (AvgIpc) is 3.24. The Morgan fingerprint density at radius 1 is 1.04 bits per heavy atom. The maximum Gasteiger partial charge on any atom is 0.251 e. The first-order chi connectivity index (χ1) is 12.8. The summed E-state index contributed by atoms with van der Waals surface area (Å²) >= 11 is 0. The van der Waals surface area contributed by atoms with E-state index in [0.29, 0.717) is 25.5 Å². The molecule has 0 radical (unpaired) electrons. The summed E-state index contributed by atoms with van der Waals surface area (Å²) in [4.78, 5) is 16.5. The molecule has 0 unspecified atom stereocenters. The van der Waals surface area contributed by atoms with Gasteiger partial charge in [-0.05, 0) is 37.1 Å². The van der Waals surface area contributed by atoms with E-state index >= 15 is 0 Å². The number of piperazine rings is 1. The molecule has 0 bridgehead atoms. The molecule has 7 nitrogen and oxygen atoms in total. The second-order valence-electron chi connectivity index (χ2n) is 6.58. The molecule has 3 heterocycles. The van der Waals surface area contributed by atoms with Gasteiger partial charge in [0, 0.05) is 38.5 Å². The van der Waals surface area contributed by atoms with Crippen LogP contribution in [-0.4, -0.2) is 59.9 Å². The summed E-state index contributed by atoms with van der Waals surface area (Å²) in [6.07, 6.45) is 1.60. The van der Waals surface area contributed by atoms with Gasteiger partial charge in [0.05, 0.1) is 0 Å². The zero-order chi connectivity index (χ0) is 17.8. The topological polar surface area (TPSA) is 70.6 Å². The minimum Gasteiger partial charge on any atom is -0.368 e. The Kier molecular flexibility index (Phi) is 4.97. The molecular formula is C19H23N5O2. The molecule has 1 N–H and O–H groups in total. The van der Waals surface area contributed by atoms with Gasteiger partial charge >= 0.3 is 0 Å². The molecule has 1 aromatic carbocycles. The molecule has 2 aliphatic heterocycles. The average molecular weight is 353 g/mol. The standard InChI is InChI=1S/C19H23N5O2/c25-19(16-7-4-14-26-16)24-12-10-23(11-13-24)18-9-8-17(21-22-18)20-15-5-2-1-3-6-15/h1-3,5-6,8-9,16H,4,7,10-14H2,(H,20,21)/t16-/m0/s1. The highest BCUT2D eigenvalue weighted by Crippen LogP contribution is 2.19. The molecule has 26 heavy (non-hydrogen) atoms. The fraction of sp³-hybridized carbons (Fsp3) is 0.421. The quantitative estimate of drug-likeness (QED) is 0.907. The van der Waals surface area contributed by atoms with E-state index in [1.807, 2.05) is 47.4 Å². The fourth-order valence-corrected chi connectivity index (χ4v) is 3.36. The first-order valence-electron chi connectivity index (χ1n) is 9.11. The molecule has 0 saturated carbocycles. The minimum atomic E-state index is -0.232. The summed E-state index contributed by atoms with van der Waals surface area (Å²) < 4.78 is 5.51. The van der Waals surface area contributed by atoms with Crippen molar-refractivity contribution in [1.82, 2.24) is 15.1 Å². The SMILES string of the molecule is O=C([C@@H]1CCCO1)N1CCN(c2ccc(Nc3ccccc3)nn2)CC1. The van der Waals surface area contributed by atoms with Crippen LogP contribution in [-0.2, 0) is 9.53 Å². The van der Waals surface area contributed by atoms with Gasteiger partial charge in [-0.25, -0.2) is 0 Å². The highest BCUT2D eigenvalue weighted by Gasteiger charge is 2.30. The number of anilines is 3. The van der Waals surface area contributed by atoms with Crippen molar-refractivity contribution in [2.75, 3.05) is 43.0 Å². The van der Waals surface area contributed by atoms with Crippen LogP contribution in [0.5, 0.6) is 0 Å². The van der Waals surface area contributed by atoms with Crippen molar-refractivity contribution in [2.45, 2.75) is 18.9 Å². The molecule has 2 aliphatic rings. The van der Waals surface area contributed by atoms with Gasteiger partial charge < -0.3 is 19.9 Å². The zero-order valence-electron chi connectivity index (χ0n) is 14.7. The molecule has 7 heteroatoms. The summed E-state index contributed by atoms with van der Waals surface area (Å²) in [6.45, 7) is 3.63. The highest BCUT2D eigenvalue weighted by atomic mass is 16.5. The smallest absolute Gasteiger partial charge is 0.251 e. The zero-order valence-corrected chi connectivity index (χ0v) is 14.7. The van der Waals surface area contributed by atoms with E-state index in [9.17, 15) is 4.79 Å². The number of para-hydroxylation sites is 1. The second-order valence-corrected chi connectivity index (χ2v) is 6.58. The van der Waals surface area contributed by atoms with Gasteiger partial charge in [0.15, 0.2) is 11.6 Å². The Morgan fingerprint density at radius 3 is 2.50 bits per heavy atom. The number of carbonyl (C=O) groups excluding carboxylic acids is 1. The number of carbonyl (C=O) groups is 1. The van der Waals surface area contributed by atoms with Crippen molar-refractivity contribution in [2.24, 2.45) is 0 Å². The number of benzene rings is 1. The molecular weight excluding hydrogens is 330 g/mol. The Balaban J connectivity index is 1.32. The van der Waals surface area contributed by atoms with Crippen molar-refractivity contribution in [1.29, 1.82) is 0 Å². The molecule has 136 valence electrons. The van der Waals surface area contributed by atoms with E-state index in [-0.39, 0.29) is 12.0 Å². The monoisotopic (exact) mass is 353 g/mol. The second kappa shape index (κ2) is 7.70. The number of aromatic nitrogens is 2. The maximum atomic E-state index is 12.4. The lowest BCUT2D eigenvalue weighted by Gasteiger charge is -2.36. The summed E-state index contributed by atoms with van der Waals surface area (Å²) in [5.41, 5.74) is 0.982. The Bertz CT molecular complexity index is 723. The number of ether oxygens (including phenoxy) is 1. The lowest BCUT2D eigenvalue weighted by Crippen LogP contribution is -2.51. The summed E-state index contributed by atoms with van der Waals surface area (Å²) in [5, 5.41) is 11.8. The van der Waals surface area contributed by atoms with E-state index in [1.54, 1.807) is 0 Å². The Labute approximate surface area is 153 Å². The molecule has 1 atom stereocenters. The number of hydrogen-bond acceptors (Lipinski definition) is 6. The molecule has 2 aromatic rings. The van der Waals surface area contributed by atoms with Crippen LogP contribution in [0.2, 0.25) is 0 Å². The van der Waals surface area contributed by atoms with Crippen molar-refractivity contribution >= 4 is 23.2 Å². The van der Waals surface area contributed by atoms with Crippen LogP contribution < -0.4 is 10.2 Å². The van der Waals surface area contributed by atoms with Crippen molar-refractivity contribution < 1.29 is 9.53 Å². The third-order valence-electron chi connectivity index (χ3n) is 4.82. The molecule has 1 amide bonds. The predicted octanol–water partition coefficient (Wildman–Crippen LogP) is 2.05. The molecule has 0 spiro atoms. The van der Waals surface area contributed by atoms with E-state index < -0.39 is 0 Å². The van der Waals surface area contributed by atoms with Crippen molar-refractivity contribution in [3.63, 3.8) is 0 Å². The van der Waals surface area contributed by atoms with Gasteiger partial charge in [0.2, 0.25) is 0 Å². The molecule has 1 aromatic heterocycles. The fourth-order valence-electron chi connectivity index (χ4n) is 3.36. The predicted molar refractivity (Wildman–Crippen MR) is 99.5 cm³/mol. The van der Waals surface area contributed by atoms with Gasteiger partial charge in [-0.1, -0.05) is 18.2 Å². The summed E-state index contributed by atoms with van der Waals surface area (Å²) in [7, 11) is 0. The number of amides is 1. The van der Waals surface area contributed by atoms with Crippen LogP contribution in [0.25, 0.3) is 0 Å². The lowest BCUT2D eigenvalue weighted by atomic mass is 10.2. The van der Waals surface area contributed by atoms with Crippen LogP contribution in [0.3, 0.4) is 0 Å². The van der Waals surface area contributed by atoms with Gasteiger partial charge in [0.1, 0.15) is 6.10 Å². The lowest BCUT2D eigenvalue weighted by molar-refractivity contribution is -0.141. The summed E-state index contributed by atoms with van der Waals surface area (Å²) in [5.74, 6) is 1.69. The highest BCUT2D eigenvalue weighted by molar-refractivity contribution is 5.81. The minimum absolute atomic E-state index is 0.135.